The van der Waals surface area contributed by atoms with Crippen molar-refractivity contribution in [2.24, 2.45) is 0 Å². The summed E-state index contributed by atoms with van der Waals surface area (Å²) in [6.45, 7) is 2.16. The molecule has 1 aromatic carbocycles. The second-order valence-corrected chi connectivity index (χ2v) is 5.99. The topological polar surface area (TPSA) is 43.6 Å². The minimum Gasteiger partial charge on any atom is -0.486 e. The predicted octanol–water partition coefficient (Wildman–Crippen LogP) is 3.41. The van der Waals surface area contributed by atoms with E-state index in [2.05, 4.69) is 20.9 Å². The first-order chi connectivity index (χ1) is 9.65. The molecule has 0 N–H and O–H groups in total. The molecule has 0 unspecified atom stereocenters. The molecule has 3 rings (SSSR count). The number of ether oxygens (including phenoxy) is 1. The number of aromatic nitrogens is 2. The van der Waals surface area contributed by atoms with Crippen molar-refractivity contribution in [2.45, 2.75) is 13.5 Å². The Balaban J connectivity index is 1.89. The van der Waals surface area contributed by atoms with Crippen molar-refractivity contribution >= 4 is 32.2 Å². The van der Waals surface area contributed by atoms with E-state index < -0.39 is 0 Å². The fraction of sp³-hybridized carbons (Fsp3) is 0.143. The summed E-state index contributed by atoms with van der Waals surface area (Å²) in [4.78, 5) is 17.2. The van der Waals surface area contributed by atoms with E-state index in [0.29, 0.717) is 10.7 Å². The number of aryl methyl sites for hydroxylation is 1. The summed E-state index contributed by atoms with van der Waals surface area (Å²) in [6, 6.07) is 9.11. The molecule has 0 fully saturated rings. The van der Waals surface area contributed by atoms with Gasteiger partial charge in [-0.25, -0.2) is 4.98 Å². The number of halogens is 1. The largest absolute Gasteiger partial charge is 0.486 e. The fourth-order valence-electron chi connectivity index (χ4n) is 1.89. The van der Waals surface area contributed by atoms with E-state index >= 15 is 0 Å². The second kappa shape index (κ2) is 5.38. The van der Waals surface area contributed by atoms with Crippen molar-refractivity contribution in [1.82, 2.24) is 9.38 Å². The van der Waals surface area contributed by atoms with E-state index in [0.717, 1.165) is 15.9 Å². The highest BCUT2D eigenvalue weighted by Crippen LogP contribution is 2.24. The third-order valence-electron chi connectivity index (χ3n) is 2.84. The molecule has 0 saturated carbocycles. The van der Waals surface area contributed by atoms with E-state index in [-0.39, 0.29) is 12.2 Å². The van der Waals surface area contributed by atoms with Gasteiger partial charge in [0.15, 0.2) is 4.96 Å². The molecule has 0 aliphatic rings. The van der Waals surface area contributed by atoms with E-state index in [4.69, 9.17) is 4.74 Å². The molecule has 2 aromatic heterocycles. The van der Waals surface area contributed by atoms with Crippen molar-refractivity contribution in [3.05, 3.63) is 61.9 Å². The Hall–Kier alpha value is -1.66. The lowest BCUT2D eigenvalue weighted by Gasteiger charge is -2.07. The van der Waals surface area contributed by atoms with E-state index in [1.165, 1.54) is 17.4 Å². The number of hydrogen-bond donors (Lipinski definition) is 0. The van der Waals surface area contributed by atoms with Gasteiger partial charge in [-0.1, -0.05) is 12.1 Å². The van der Waals surface area contributed by atoms with Gasteiger partial charge in [-0.05, 0) is 35.0 Å². The minimum absolute atomic E-state index is 0.0699. The van der Waals surface area contributed by atoms with Crippen LogP contribution in [0.4, 0.5) is 0 Å². The summed E-state index contributed by atoms with van der Waals surface area (Å²) in [5.41, 5.74) is 1.47. The van der Waals surface area contributed by atoms with Crippen molar-refractivity contribution in [3.63, 3.8) is 0 Å². The number of benzene rings is 1. The molecule has 0 bridgehead atoms. The molecule has 0 aliphatic heterocycles. The normalized spacial score (nSPS) is 10.9. The van der Waals surface area contributed by atoms with Gasteiger partial charge in [0.1, 0.15) is 12.4 Å². The maximum atomic E-state index is 12.0. The van der Waals surface area contributed by atoms with Crippen LogP contribution in [0.25, 0.3) is 4.96 Å². The van der Waals surface area contributed by atoms with Gasteiger partial charge >= 0.3 is 0 Å². The van der Waals surface area contributed by atoms with Gasteiger partial charge in [0.2, 0.25) is 0 Å². The third-order valence-corrected chi connectivity index (χ3v) is 4.44. The average Bonchev–Trinajstić information content (AvgIpc) is 2.80. The third kappa shape index (κ3) is 2.48. The molecular weight excluding hydrogens is 340 g/mol. The number of para-hydroxylation sites is 1. The van der Waals surface area contributed by atoms with Crippen LogP contribution in [0.5, 0.6) is 5.75 Å². The average molecular weight is 351 g/mol. The van der Waals surface area contributed by atoms with Crippen LogP contribution >= 0.6 is 27.3 Å². The number of fused-ring (bicyclic) bond motifs is 1. The van der Waals surface area contributed by atoms with Gasteiger partial charge in [0, 0.05) is 17.1 Å². The first kappa shape index (κ1) is 13.3. The summed E-state index contributed by atoms with van der Waals surface area (Å²) in [5.74, 6) is 0.733. The summed E-state index contributed by atoms with van der Waals surface area (Å²) >= 11 is 4.87. The standard InChI is InChI=1S/C14H11BrN2O2S/c1-9-8-20-14-16-10(6-13(18)17(9)14)7-19-12-5-3-2-4-11(12)15/h2-6,8H,7H2,1H3. The number of hydrogen-bond acceptors (Lipinski definition) is 4. The predicted molar refractivity (Wildman–Crippen MR) is 82.6 cm³/mol. The van der Waals surface area contributed by atoms with E-state index in [1.54, 1.807) is 4.40 Å². The Morgan fingerprint density at radius 2 is 2.20 bits per heavy atom. The SMILES string of the molecule is Cc1csc2nc(COc3ccccc3Br)cc(=O)n12. The van der Waals surface area contributed by atoms with E-state index in [1.807, 2.05) is 36.6 Å². The maximum absolute atomic E-state index is 12.0. The van der Waals surface area contributed by atoms with E-state index in [9.17, 15) is 4.79 Å². The van der Waals surface area contributed by atoms with Gasteiger partial charge in [0.05, 0.1) is 10.2 Å². The molecule has 6 heteroatoms. The smallest absolute Gasteiger partial charge is 0.259 e. The molecule has 3 aromatic rings. The summed E-state index contributed by atoms with van der Waals surface area (Å²) in [7, 11) is 0. The molecule has 20 heavy (non-hydrogen) atoms. The van der Waals surface area contributed by atoms with Gasteiger partial charge in [-0.3, -0.25) is 9.20 Å². The molecule has 0 radical (unpaired) electrons. The Kier molecular flexibility index (Phi) is 3.58. The quantitative estimate of drug-likeness (QED) is 0.726. The highest BCUT2D eigenvalue weighted by molar-refractivity contribution is 9.10. The van der Waals surface area contributed by atoms with Crippen LogP contribution in [0, 0.1) is 6.92 Å². The molecule has 102 valence electrons. The molecule has 0 spiro atoms. The van der Waals surface area contributed by atoms with Crippen LogP contribution in [-0.4, -0.2) is 9.38 Å². The Morgan fingerprint density at radius 1 is 1.40 bits per heavy atom. The molecule has 0 aliphatic carbocycles. The molecule has 0 saturated heterocycles. The zero-order valence-corrected chi connectivity index (χ0v) is 13.1. The first-order valence-corrected chi connectivity index (χ1v) is 7.66. The van der Waals surface area contributed by atoms with Crippen LogP contribution in [-0.2, 0) is 6.61 Å². The first-order valence-electron chi connectivity index (χ1n) is 5.99. The van der Waals surface area contributed by atoms with Gasteiger partial charge < -0.3 is 4.74 Å². The Morgan fingerprint density at radius 3 is 3.00 bits per heavy atom. The monoisotopic (exact) mass is 350 g/mol. The number of thiazole rings is 1. The van der Waals surface area contributed by atoms with Gasteiger partial charge in [-0.2, -0.15) is 0 Å². The lowest BCUT2D eigenvalue weighted by Crippen LogP contribution is -2.15. The number of rotatable bonds is 3. The highest BCUT2D eigenvalue weighted by Gasteiger charge is 2.07. The van der Waals surface area contributed by atoms with Crippen LogP contribution in [0.2, 0.25) is 0 Å². The Bertz CT molecular complexity index is 825. The summed E-state index contributed by atoms with van der Waals surface area (Å²) < 4.78 is 8.16. The van der Waals surface area contributed by atoms with Crippen molar-refractivity contribution < 1.29 is 4.74 Å². The fourth-order valence-corrected chi connectivity index (χ4v) is 3.18. The summed E-state index contributed by atoms with van der Waals surface area (Å²) in [5, 5.41) is 1.92. The second-order valence-electron chi connectivity index (χ2n) is 4.30. The lowest BCUT2D eigenvalue weighted by atomic mass is 10.3. The maximum Gasteiger partial charge on any atom is 0.259 e. The van der Waals surface area contributed by atoms with Crippen LogP contribution < -0.4 is 10.3 Å². The number of nitrogens with zero attached hydrogens (tertiary/aromatic N) is 2. The minimum atomic E-state index is -0.0699. The lowest BCUT2D eigenvalue weighted by molar-refractivity contribution is 0.299. The molecule has 4 nitrogen and oxygen atoms in total. The molecule has 0 amide bonds. The van der Waals surface area contributed by atoms with Gasteiger partial charge in [0.25, 0.3) is 5.56 Å². The molecule has 0 atom stereocenters. The molecular formula is C14H11BrN2O2S. The van der Waals surface area contributed by atoms with Crippen molar-refractivity contribution in [1.29, 1.82) is 0 Å². The zero-order valence-electron chi connectivity index (χ0n) is 10.7. The van der Waals surface area contributed by atoms with Crippen LogP contribution in [0.3, 0.4) is 0 Å². The summed E-state index contributed by atoms with van der Waals surface area (Å²) in [6.07, 6.45) is 0. The zero-order chi connectivity index (χ0) is 14.1. The van der Waals surface area contributed by atoms with Crippen molar-refractivity contribution in [2.75, 3.05) is 0 Å². The Labute approximate surface area is 127 Å². The van der Waals surface area contributed by atoms with Crippen LogP contribution in [0.15, 0.2) is 45.0 Å². The molecule has 2 heterocycles. The van der Waals surface area contributed by atoms with Crippen molar-refractivity contribution in [3.8, 4) is 5.75 Å². The highest BCUT2D eigenvalue weighted by atomic mass is 79.9. The van der Waals surface area contributed by atoms with Crippen LogP contribution in [0.1, 0.15) is 11.4 Å². The van der Waals surface area contributed by atoms with Gasteiger partial charge in [-0.15, -0.1) is 11.3 Å².